The van der Waals surface area contributed by atoms with Crippen molar-refractivity contribution in [2.24, 2.45) is 5.73 Å². The first-order chi connectivity index (χ1) is 7.83. The molecule has 0 radical (unpaired) electrons. The van der Waals surface area contributed by atoms with Crippen molar-refractivity contribution >= 4 is 6.09 Å². The number of carbonyl (C=O) groups is 1. The number of piperidine rings is 1. The van der Waals surface area contributed by atoms with Gasteiger partial charge < -0.3 is 20.1 Å². The molecule has 1 aliphatic rings. The molecule has 17 heavy (non-hydrogen) atoms. The number of likely N-dealkylation sites (tertiary alicyclic amines) is 1. The van der Waals surface area contributed by atoms with Gasteiger partial charge in [-0.25, -0.2) is 4.79 Å². The van der Waals surface area contributed by atoms with Crippen molar-refractivity contribution in [2.45, 2.75) is 51.9 Å². The first-order valence-electron chi connectivity index (χ1n) is 6.18. The number of nitrogens with two attached hydrogens (primary N) is 1. The van der Waals surface area contributed by atoms with E-state index in [1.807, 2.05) is 27.7 Å². The smallest absolute Gasteiger partial charge is 0.410 e. The molecule has 1 heterocycles. The predicted molar refractivity (Wildman–Crippen MR) is 65.8 cm³/mol. The molecule has 2 unspecified atom stereocenters. The molecule has 1 aliphatic heterocycles. The largest absolute Gasteiger partial charge is 0.444 e. The molecular weight excluding hydrogens is 220 g/mol. The number of hydrogen-bond acceptors (Lipinski definition) is 4. The van der Waals surface area contributed by atoms with Crippen molar-refractivity contribution in [1.29, 1.82) is 0 Å². The van der Waals surface area contributed by atoms with Crippen LogP contribution < -0.4 is 5.73 Å². The Morgan fingerprint density at radius 3 is 2.65 bits per heavy atom. The van der Waals surface area contributed by atoms with Gasteiger partial charge in [-0.15, -0.1) is 0 Å². The van der Waals surface area contributed by atoms with E-state index < -0.39 is 5.60 Å². The van der Waals surface area contributed by atoms with Crippen LogP contribution in [0, 0.1) is 0 Å². The Morgan fingerprint density at radius 2 is 2.12 bits per heavy atom. The zero-order valence-electron chi connectivity index (χ0n) is 11.2. The second-order valence-electron chi connectivity index (χ2n) is 5.37. The SMILES string of the molecule is CCOC1CN(C(=O)OC(C)(C)C)CCC1N. The quantitative estimate of drug-likeness (QED) is 0.796. The number of hydrogen-bond donors (Lipinski definition) is 1. The van der Waals surface area contributed by atoms with Crippen molar-refractivity contribution in [3.63, 3.8) is 0 Å². The second-order valence-corrected chi connectivity index (χ2v) is 5.37. The third kappa shape index (κ3) is 4.52. The second kappa shape index (κ2) is 5.69. The average molecular weight is 244 g/mol. The molecule has 2 atom stereocenters. The summed E-state index contributed by atoms with van der Waals surface area (Å²) in [6, 6.07) is 0.00800. The summed E-state index contributed by atoms with van der Waals surface area (Å²) in [6.07, 6.45) is 0.388. The summed E-state index contributed by atoms with van der Waals surface area (Å²) in [4.78, 5) is 13.6. The van der Waals surface area contributed by atoms with Crippen molar-refractivity contribution in [1.82, 2.24) is 4.90 Å². The van der Waals surface area contributed by atoms with Gasteiger partial charge in [-0.3, -0.25) is 0 Å². The van der Waals surface area contributed by atoms with E-state index in [1.165, 1.54) is 0 Å². The van der Waals surface area contributed by atoms with Crippen LogP contribution >= 0.6 is 0 Å². The number of carbonyl (C=O) groups excluding carboxylic acids is 1. The van der Waals surface area contributed by atoms with Gasteiger partial charge in [0.25, 0.3) is 0 Å². The summed E-state index contributed by atoms with van der Waals surface area (Å²) in [5.41, 5.74) is 5.49. The van der Waals surface area contributed by atoms with Crippen LogP contribution in [0.4, 0.5) is 4.79 Å². The Kier molecular flexibility index (Phi) is 4.77. The summed E-state index contributed by atoms with van der Waals surface area (Å²) in [7, 11) is 0. The fourth-order valence-electron chi connectivity index (χ4n) is 1.82. The maximum absolute atomic E-state index is 11.9. The highest BCUT2D eigenvalue weighted by Gasteiger charge is 2.31. The third-order valence-corrected chi connectivity index (χ3v) is 2.64. The average Bonchev–Trinajstić information content (AvgIpc) is 2.19. The molecule has 2 N–H and O–H groups in total. The van der Waals surface area contributed by atoms with Crippen LogP contribution in [0.1, 0.15) is 34.1 Å². The van der Waals surface area contributed by atoms with Crippen LogP contribution in [0.5, 0.6) is 0 Å². The van der Waals surface area contributed by atoms with Gasteiger partial charge in [0.2, 0.25) is 0 Å². The van der Waals surface area contributed by atoms with E-state index in [2.05, 4.69) is 0 Å². The first-order valence-corrected chi connectivity index (χ1v) is 6.18. The van der Waals surface area contributed by atoms with Gasteiger partial charge in [-0.2, -0.15) is 0 Å². The molecule has 0 aromatic heterocycles. The Balaban J connectivity index is 2.52. The fourth-order valence-corrected chi connectivity index (χ4v) is 1.82. The fraction of sp³-hybridized carbons (Fsp3) is 0.917. The summed E-state index contributed by atoms with van der Waals surface area (Å²) in [6.45, 7) is 9.28. The van der Waals surface area contributed by atoms with Gasteiger partial charge >= 0.3 is 6.09 Å². The lowest BCUT2D eigenvalue weighted by Gasteiger charge is -2.37. The van der Waals surface area contributed by atoms with E-state index >= 15 is 0 Å². The summed E-state index contributed by atoms with van der Waals surface area (Å²) in [5.74, 6) is 0. The Hall–Kier alpha value is -0.810. The Bertz CT molecular complexity index is 263. The van der Waals surface area contributed by atoms with Gasteiger partial charge in [-0.05, 0) is 34.1 Å². The van der Waals surface area contributed by atoms with Gasteiger partial charge in [0.15, 0.2) is 0 Å². The lowest BCUT2D eigenvalue weighted by Crippen LogP contribution is -2.54. The summed E-state index contributed by atoms with van der Waals surface area (Å²) < 4.78 is 10.9. The van der Waals surface area contributed by atoms with E-state index in [1.54, 1.807) is 4.90 Å². The van der Waals surface area contributed by atoms with E-state index in [0.29, 0.717) is 19.7 Å². The maximum atomic E-state index is 11.9. The van der Waals surface area contributed by atoms with Crippen molar-refractivity contribution in [3.8, 4) is 0 Å². The normalized spacial score (nSPS) is 25.8. The molecule has 100 valence electrons. The van der Waals surface area contributed by atoms with Gasteiger partial charge in [0, 0.05) is 19.2 Å². The van der Waals surface area contributed by atoms with E-state index in [0.717, 1.165) is 6.42 Å². The van der Waals surface area contributed by atoms with Gasteiger partial charge in [-0.1, -0.05) is 0 Å². The maximum Gasteiger partial charge on any atom is 0.410 e. The van der Waals surface area contributed by atoms with Crippen LogP contribution in [-0.2, 0) is 9.47 Å². The van der Waals surface area contributed by atoms with Crippen LogP contribution in [0.25, 0.3) is 0 Å². The van der Waals surface area contributed by atoms with Crippen LogP contribution in [-0.4, -0.2) is 48.4 Å². The Morgan fingerprint density at radius 1 is 1.47 bits per heavy atom. The van der Waals surface area contributed by atoms with E-state index in [-0.39, 0.29) is 18.2 Å². The molecular formula is C12H24N2O3. The zero-order chi connectivity index (χ0) is 13.1. The van der Waals surface area contributed by atoms with Gasteiger partial charge in [0.05, 0.1) is 12.6 Å². The molecule has 5 nitrogen and oxygen atoms in total. The molecule has 0 aromatic carbocycles. The monoisotopic (exact) mass is 244 g/mol. The molecule has 0 spiro atoms. The van der Waals surface area contributed by atoms with Crippen LogP contribution in [0.15, 0.2) is 0 Å². The standard InChI is InChI=1S/C12H24N2O3/c1-5-16-10-8-14(7-6-9(10)13)11(15)17-12(2,3)4/h9-10H,5-8,13H2,1-4H3. The number of amides is 1. The molecule has 1 fully saturated rings. The molecule has 1 amide bonds. The molecule has 0 aliphatic carbocycles. The molecule has 1 saturated heterocycles. The number of rotatable bonds is 2. The molecule has 0 aromatic rings. The van der Waals surface area contributed by atoms with E-state index in [4.69, 9.17) is 15.2 Å². The highest BCUT2D eigenvalue weighted by molar-refractivity contribution is 5.68. The van der Waals surface area contributed by atoms with Crippen molar-refractivity contribution in [2.75, 3.05) is 19.7 Å². The lowest BCUT2D eigenvalue weighted by atomic mass is 10.0. The summed E-state index contributed by atoms with van der Waals surface area (Å²) >= 11 is 0. The van der Waals surface area contributed by atoms with E-state index in [9.17, 15) is 4.79 Å². The number of ether oxygens (including phenoxy) is 2. The number of nitrogens with zero attached hydrogens (tertiary/aromatic N) is 1. The van der Waals surface area contributed by atoms with Crippen LogP contribution in [0.2, 0.25) is 0 Å². The topological polar surface area (TPSA) is 64.8 Å². The summed E-state index contributed by atoms with van der Waals surface area (Å²) in [5, 5.41) is 0. The van der Waals surface area contributed by atoms with Crippen molar-refractivity contribution in [3.05, 3.63) is 0 Å². The van der Waals surface area contributed by atoms with Gasteiger partial charge in [0.1, 0.15) is 5.60 Å². The molecule has 0 bridgehead atoms. The zero-order valence-corrected chi connectivity index (χ0v) is 11.2. The molecule has 1 rings (SSSR count). The lowest BCUT2D eigenvalue weighted by molar-refractivity contribution is -0.0248. The van der Waals surface area contributed by atoms with Crippen LogP contribution in [0.3, 0.4) is 0 Å². The Labute approximate surface area is 103 Å². The molecule has 0 saturated carbocycles. The minimum absolute atomic E-state index is 0.00800. The highest BCUT2D eigenvalue weighted by Crippen LogP contribution is 2.16. The minimum atomic E-state index is -0.461. The highest BCUT2D eigenvalue weighted by atomic mass is 16.6. The predicted octanol–water partition coefficient (Wildman–Crippen LogP) is 1.36. The molecule has 5 heteroatoms. The third-order valence-electron chi connectivity index (χ3n) is 2.64. The van der Waals surface area contributed by atoms with Crippen molar-refractivity contribution < 1.29 is 14.3 Å². The first kappa shape index (κ1) is 14.3. The minimum Gasteiger partial charge on any atom is -0.444 e.